The van der Waals surface area contributed by atoms with Gasteiger partial charge in [-0.1, -0.05) is 0 Å². The molecule has 0 fully saturated rings. The van der Waals surface area contributed by atoms with E-state index in [2.05, 4.69) is 42.8 Å². The Kier molecular flexibility index (Phi) is 5.79. The highest BCUT2D eigenvalue weighted by atomic mass is 16.5. The van der Waals surface area contributed by atoms with Crippen LogP contribution in [0.5, 0.6) is 0 Å². The molecule has 1 aromatic rings. The van der Waals surface area contributed by atoms with Crippen LogP contribution >= 0.6 is 0 Å². The van der Waals surface area contributed by atoms with Crippen LogP contribution in [0.4, 0.5) is 11.4 Å². The first-order valence-electron chi connectivity index (χ1n) is 8.32. The van der Waals surface area contributed by atoms with Gasteiger partial charge in [0.15, 0.2) is 0 Å². The second-order valence-electron chi connectivity index (χ2n) is 5.85. The molecule has 24 heavy (non-hydrogen) atoms. The molecule has 0 radical (unpaired) electrons. The summed E-state index contributed by atoms with van der Waals surface area (Å²) in [5.41, 5.74) is 9.37. The van der Waals surface area contributed by atoms with E-state index >= 15 is 0 Å². The van der Waals surface area contributed by atoms with E-state index in [1.165, 1.54) is 5.69 Å². The smallest absolute Gasteiger partial charge is 0.146 e. The summed E-state index contributed by atoms with van der Waals surface area (Å²) in [6.45, 7) is 9.87. The van der Waals surface area contributed by atoms with Crippen LogP contribution in [0.25, 0.3) is 0 Å². The van der Waals surface area contributed by atoms with Crippen molar-refractivity contribution in [3.8, 4) is 0 Å². The molecule has 0 atom stereocenters. The van der Waals surface area contributed by atoms with Crippen molar-refractivity contribution in [3.05, 3.63) is 47.9 Å². The molecule has 128 valence electrons. The quantitative estimate of drug-likeness (QED) is 0.781. The van der Waals surface area contributed by atoms with Crippen molar-refractivity contribution in [2.45, 2.75) is 33.7 Å². The lowest BCUT2D eigenvalue weighted by molar-refractivity contribution is 0.250. The minimum absolute atomic E-state index is 0.277. The van der Waals surface area contributed by atoms with Crippen LogP contribution in [0.2, 0.25) is 0 Å². The van der Waals surface area contributed by atoms with Gasteiger partial charge in [0.1, 0.15) is 5.76 Å². The van der Waals surface area contributed by atoms with Crippen molar-refractivity contribution in [2.75, 3.05) is 18.1 Å². The summed E-state index contributed by atoms with van der Waals surface area (Å²) in [5, 5.41) is 7.88. The lowest BCUT2D eigenvalue weighted by Gasteiger charge is -2.27. The van der Waals surface area contributed by atoms with E-state index < -0.39 is 0 Å². The van der Waals surface area contributed by atoms with Gasteiger partial charge in [0.05, 0.1) is 29.4 Å². The van der Waals surface area contributed by atoms with E-state index in [1.807, 2.05) is 19.1 Å². The molecule has 2 rings (SSSR count). The molecule has 0 amide bonds. The third kappa shape index (κ3) is 4.04. The van der Waals surface area contributed by atoms with Crippen LogP contribution in [0.1, 0.15) is 27.7 Å². The Morgan fingerprint density at radius 2 is 1.83 bits per heavy atom. The molecular weight excluding hydrogens is 300 g/mol. The largest absolute Gasteiger partial charge is 0.492 e. The van der Waals surface area contributed by atoms with Gasteiger partial charge in [-0.25, -0.2) is 4.99 Å². The third-order valence-corrected chi connectivity index (χ3v) is 3.82. The van der Waals surface area contributed by atoms with Crippen molar-refractivity contribution < 1.29 is 4.74 Å². The van der Waals surface area contributed by atoms with Gasteiger partial charge >= 0.3 is 0 Å². The number of aliphatic imine (C=N–C) groups is 1. The Morgan fingerprint density at radius 3 is 2.38 bits per heavy atom. The highest BCUT2D eigenvalue weighted by Crippen LogP contribution is 2.23. The molecule has 3 N–H and O–H groups in total. The number of rotatable bonds is 6. The topological polar surface area (TPSA) is 74.7 Å². The van der Waals surface area contributed by atoms with Crippen LogP contribution in [0.15, 0.2) is 52.9 Å². The molecule has 0 heterocycles. The first-order valence-corrected chi connectivity index (χ1v) is 8.32. The van der Waals surface area contributed by atoms with E-state index in [4.69, 9.17) is 15.9 Å². The number of nitrogens with zero attached hydrogens (tertiary/aromatic N) is 2. The number of allylic oxidation sites excluding steroid dienone is 2. The summed E-state index contributed by atoms with van der Waals surface area (Å²) < 4.78 is 5.45. The zero-order chi connectivity index (χ0) is 17.7. The highest BCUT2D eigenvalue weighted by Gasteiger charge is 2.15. The number of ether oxygens (including phenoxy) is 1. The van der Waals surface area contributed by atoms with Crippen LogP contribution in [0.3, 0.4) is 0 Å². The summed E-state index contributed by atoms with van der Waals surface area (Å²) in [4.78, 5) is 6.91. The molecule has 0 spiro atoms. The summed E-state index contributed by atoms with van der Waals surface area (Å²) in [6.07, 6.45) is 3.30. The first-order chi connectivity index (χ1) is 11.5. The number of benzene rings is 1. The van der Waals surface area contributed by atoms with Crippen LogP contribution in [-0.4, -0.2) is 30.6 Å². The Labute approximate surface area is 144 Å². The van der Waals surface area contributed by atoms with Crippen molar-refractivity contribution >= 4 is 22.8 Å². The lowest BCUT2D eigenvalue weighted by Crippen LogP contribution is -2.30. The SMILES string of the molecule is CCOC1=C/C(=N\c2ccc(N(CC)C(C)C)cc2)C(N)=CC1=N. The summed E-state index contributed by atoms with van der Waals surface area (Å²) >= 11 is 0. The predicted molar refractivity (Wildman–Crippen MR) is 101 cm³/mol. The summed E-state index contributed by atoms with van der Waals surface area (Å²) in [5.74, 6) is 0.499. The van der Waals surface area contributed by atoms with Crippen LogP contribution in [0, 0.1) is 5.41 Å². The van der Waals surface area contributed by atoms with Crippen molar-refractivity contribution in [1.82, 2.24) is 0 Å². The predicted octanol–water partition coefficient (Wildman–Crippen LogP) is 3.79. The average Bonchev–Trinajstić information content (AvgIpc) is 2.54. The van der Waals surface area contributed by atoms with Gasteiger partial charge in [0.25, 0.3) is 0 Å². The molecule has 1 aromatic carbocycles. The zero-order valence-electron chi connectivity index (χ0n) is 14.8. The molecule has 0 aliphatic heterocycles. The second-order valence-corrected chi connectivity index (χ2v) is 5.85. The molecule has 0 unspecified atom stereocenters. The standard InChI is InChI=1S/C19H26N4O/c1-5-23(13(3)4)15-9-7-14(8-10-15)22-18-12-19(24-6-2)17(21)11-16(18)20/h7-13,21H,5-6,20H2,1-4H3/b21-17?,22-18+. The zero-order valence-corrected chi connectivity index (χ0v) is 14.8. The molecule has 1 aliphatic carbocycles. The van der Waals surface area contributed by atoms with E-state index in [0.29, 0.717) is 29.8 Å². The van der Waals surface area contributed by atoms with Gasteiger partial charge < -0.3 is 15.4 Å². The van der Waals surface area contributed by atoms with Crippen molar-refractivity contribution in [2.24, 2.45) is 10.7 Å². The van der Waals surface area contributed by atoms with Gasteiger partial charge in [-0.3, -0.25) is 5.41 Å². The number of anilines is 1. The fourth-order valence-corrected chi connectivity index (χ4v) is 2.66. The normalized spacial score (nSPS) is 16.2. The number of nitrogens with two attached hydrogens (primary N) is 1. The minimum atomic E-state index is 0.277. The molecule has 5 nitrogen and oxygen atoms in total. The lowest BCUT2D eigenvalue weighted by atomic mass is 10.1. The van der Waals surface area contributed by atoms with E-state index in [1.54, 1.807) is 12.2 Å². The number of hydrogen-bond acceptors (Lipinski definition) is 5. The Hall–Kier alpha value is -2.56. The molecule has 0 saturated heterocycles. The Balaban J connectivity index is 2.27. The molecule has 0 aromatic heterocycles. The second kappa shape index (κ2) is 7.81. The van der Waals surface area contributed by atoms with Gasteiger partial charge in [-0.05, 0) is 58.0 Å². The molecule has 1 aliphatic rings. The van der Waals surface area contributed by atoms with Gasteiger partial charge in [0.2, 0.25) is 0 Å². The highest BCUT2D eigenvalue weighted by molar-refractivity contribution is 6.22. The maximum absolute atomic E-state index is 7.88. The average molecular weight is 326 g/mol. The van der Waals surface area contributed by atoms with Gasteiger partial charge in [-0.15, -0.1) is 0 Å². The van der Waals surface area contributed by atoms with Gasteiger partial charge in [0, 0.05) is 24.4 Å². The maximum atomic E-state index is 7.88. The Bertz CT molecular complexity index is 684. The monoisotopic (exact) mass is 326 g/mol. The van der Waals surface area contributed by atoms with E-state index in [-0.39, 0.29) is 5.71 Å². The van der Waals surface area contributed by atoms with E-state index in [0.717, 1.165) is 12.2 Å². The first kappa shape index (κ1) is 17.8. The fourth-order valence-electron chi connectivity index (χ4n) is 2.66. The van der Waals surface area contributed by atoms with E-state index in [9.17, 15) is 0 Å². The van der Waals surface area contributed by atoms with Gasteiger partial charge in [-0.2, -0.15) is 0 Å². The maximum Gasteiger partial charge on any atom is 0.146 e. The minimum Gasteiger partial charge on any atom is -0.492 e. The Morgan fingerprint density at radius 1 is 1.17 bits per heavy atom. The third-order valence-electron chi connectivity index (χ3n) is 3.82. The summed E-state index contributed by atoms with van der Waals surface area (Å²) in [7, 11) is 0. The number of hydrogen-bond donors (Lipinski definition) is 2. The fraction of sp³-hybridized carbons (Fsp3) is 0.368. The summed E-state index contributed by atoms with van der Waals surface area (Å²) in [6, 6.07) is 8.55. The molecule has 0 bridgehead atoms. The number of nitrogens with one attached hydrogen (secondary N) is 1. The molecular formula is C19H26N4O. The molecule has 0 saturated carbocycles. The van der Waals surface area contributed by atoms with Crippen molar-refractivity contribution in [1.29, 1.82) is 5.41 Å². The molecule has 5 heteroatoms. The van der Waals surface area contributed by atoms with Crippen LogP contribution in [-0.2, 0) is 4.74 Å². The van der Waals surface area contributed by atoms with Crippen molar-refractivity contribution in [3.63, 3.8) is 0 Å². The van der Waals surface area contributed by atoms with Crippen LogP contribution < -0.4 is 10.6 Å².